The van der Waals surface area contributed by atoms with Crippen LogP contribution in [-0.2, 0) is 24.8 Å². The first-order valence-electron chi connectivity index (χ1n) is 5.56. The minimum absolute atomic E-state index is 0.205. The Kier molecular flexibility index (Phi) is 5.44. The summed E-state index contributed by atoms with van der Waals surface area (Å²) in [4.78, 5) is 0. The molecule has 0 saturated heterocycles. The lowest BCUT2D eigenvalue weighted by Gasteiger charge is -2.12. The summed E-state index contributed by atoms with van der Waals surface area (Å²) in [5.41, 5.74) is 2.18. The van der Waals surface area contributed by atoms with Gasteiger partial charge in [0.2, 0.25) is 0 Å². The summed E-state index contributed by atoms with van der Waals surface area (Å²) in [5, 5.41) is 7.52. The van der Waals surface area contributed by atoms with Gasteiger partial charge in [-0.15, -0.1) is 0 Å². The maximum absolute atomic E-state index is 5.73. The van der Waals surface area contributed by atoms with Crippen LogP contribution in [0, 0.1) is 0 Å². The number of ether oxygens (including phenoxy) is 1. The third-order valence-electron chi connectivity index (χ3n) is 2.50. The summed E-state index contributed by atoms with van der Waals surface area (Å²) in [6.07, 6.45) is 1.14. The van der Waals surface area contributed by atoms with Crippen LogP contribution >= 0.6 is 15.9 Å². The molecule has 1 unspecified atom stereocenters. The van der Waals surface area contributed by atoms with E-state index in [0.717, 1.165) is 28.8 Å². The second-order valence-corrected chi connectivity index (χ2v) is 4.66. The molecular formula is C11H20BrN3O. The summed E-state index contributed by atoms with van der Waals surface area (Å²) in [7, 11) is 3.88. The minimum atomic E-state index is 0.205. The van der Waals surface area contributed by atoms with Crippen molar-refractivity contribution >= 4 is 15.9 Å². The maximum atomic E-state index is 5.73. The van der Waals surface area contributed by atoms with Crippen LogP contribution in [0.5, 0.6) is 0 Å². The molecule has 5 heteroatoms. The van der Waals surface area contributed by atoms with Gasteiger partial charge in [-0.25, -0.2) is 0 Å². The average Bonchev–Trinajstić information content (AvgIpc) is 2.52. The summed E-state index contributed by atoms with van der Waals surface area (Å²) >= 11 is 3.57. The monoisotopic (exact) mass is 289 g/mol. The fraction of sp³-hybridized carbons (Fsp3) is 0.727. The third kappa shape index (κ3) is 3.30. The number of aromatic nitrogens is 2. The van der Waals surface area contributed by atoms with E-state index in [1.54, 1.807) is 0 Å². The topological polar surface area (TPSA) is 39.1 Å². The largest absolute Gasteiger partial charge is 0.371 e. The van der Waals surface area contributed by atoms with E-state index in [4.69, 9.17) is 4.74 Å². The zero-order chi connectivity index (χ0) is 12.1. The standard InChI is InChI=1S/C11H20BrN3O/c1-5-9-11(12)10(15(4)14-9)7-16-8(2)6-13-3/h8,13H,5-7H2,1-4H3. The Bertz CT molecular complexity index is 338. The predicted molar refractivity (Wildman–Crippen MR) is 68.5 cm³/mol. The van der Waals surface area contributed by atoms with Gasteiger partial charge in [0, 0.05) is 13.6 Å². The lowest BCUT2D eigenvalue weighted by Crippen LogP contribution is -2.23. The highest BCUT2D eigenvalue weighted by atomic mass is 79.9. The van der Waals surface area contributed by atoms with Gasteiger partial charge in [0.25, 0.3) is 0 Å². The molecule has 0 radical (unpaired) electrons. The molecule has 4 nitrogen and oxygen atoms in total. The number of rotatable bonds is 6. The van der Waals surface area contributed by atoms with Crippen LogP contribution in [0.2, 0.25) is 0 Å². The molecule has 0 saturated carbocycles. The summed E-state index contributed by atoms with van der Waals surface area (Å²) in [5.74, 6) is 0. The van der Waals surface area contributed by atoms with Crippen LogP contribution in [-0.4, -0.2) is 29.5 Å². The number of likely N-dealkylation sites (N-methyl/N-ethyl adjacent to an activating group) is 1. The van der Waals surface area contributed by atoms with E-state index < -0.39 is 0 Å². The Morgan fingerprint density at radius 3 is 2.75 bits per heavy atom. The molecule has 0 aliphatic heterocycles. The number of hydrogen-bond donors (Lipinski definition) is 1. The Morgan fingerprint density at radius 2 is 2.25 bits per heavy atom. The summed E-state index contributed by atoms with van der Waals surface area (Å²) < 4.78 is 8.70. The van der Waals surface area contributed by atoms with Crippen molar-refractivity contribution < 1.29 is 4.74 Å². The number of nitrogens with one attached hydrogen (secondary N) is 1. The Labute approximate surface area is 105 Å². The van der Waals surface area contributed by atoms with Gasteiger partial charge in [0.15, 0.2) is 0 Å². The highest BCUT2D eigenvalue weighted by Crippen LogP contribution is 2.22. The lowest BCUT2D eigenvalue weighted by atomic mass is 10.3. The molecule has 0 aliphatic carbocycles. The van der Waals surface area contributed by atoms with Crippen molar-refractivity contribution in [2.75, 3.05) is 13.6 Å². The molecule has 92 valence electrons. The first-order chi connectivity index (χ1) is 7.60. The van der Waals surface area contributed by atoms with Gasteiger partial charge in [0.05, 0.1) is 28.6 Å². The van der Waals surface area contributed by atoms with E-state index in [1.807, 2.05) is 18.8 Å². The van der Waals surface area contributed by atoms with Gasteiger partial charge in [0.1, 0.15) is 0 Å². The Hall–Kier alpha value is -0.390. The average molecular weight is 290 g/mol. The molecule has 1 heterocycles. The van der Waals surface area contributed by atoms with E-state index in [0.29, 0.717) is 6.61 Å². The highest BCUT2D eigenvalue weighted by molar-refractivity contribution is 9.10. The second kappa shape index (κ2) is 6.37. The minimum Gasteiger partial charge on any atom is -0.371 e. The Morgan fingerprint density at radius 1 is 1.56 bits per heavy atom. The van der Waals surface area contributed by atoms with Gasteiger partial charge in [-0.1, -0.05) is 6.92 Å². The fourth-order valence-corrected chi connectivity index (χ4v) is 2.27. The highest BCUT2D eigenvalue weighted by Gasteiger charge is 2.13. The number of nitrogens with zero attached hydrogens (tertiary/aromatic N) is 2. The molecule has 16 heavy (non-hydrogen) atoms. The van der Waals surface area contributed by atoms with Crippen LogP contribution in [0.25, 0.3) is 0 Å². The lowest BCUT2D eigenvalue weighted by molar-refractivity contribution is 0.0504. The molecule has 0 bridgehead atoms. The maximum Gasteiger partial charge on any atom is 0.0900 e. The molecule has 0 aliphatic rings. The van der Waals surface area contributed by atoms with Crippen molar-refractivity contribution in [1.29, 1.82) is 0 Å². The summed E-state index contributed by atoms with van der Waals surface area (Å²) in [6.45, 7) is 5.60. The number of hydrogen-bond acceptors (Lipinski definition) is 3. The van der Waals surface area contributed by atoms with Gasteiger partial charge < -0.3 is 10.1 Å². The molecule has 0 aromatic carbocycles. The van der Waals surface area contributed by atoms with Gasteiger partial charge in [-0.3, -0.25) is 4.68 Å². The molecule has 1 atom stereocenters. The smallest absolute Gasteiger partial charge is 0.0900 e. The van der Waals surface area contributed by atoms with Crippen molar-refractivity contribution in [2.45, 2.75) is 33.0 Å². The zero-order valence-corrected chi connectivity index (χ0v) is 12.0. The van der Waals surface area contributed by atoms with Crippen molar-refractivity contribution in [2.24, 2.45) is 7.05 Å². The van der Waals surface area contributed by atoms with E-state index in [-0.39, 0.29) is 6.10 Å². The second-order valence-electron chi connectivity index (χ2n) is 3.86. The molecule has 0 spiro atoms. The van der Waals surface area contributed by atoms with Crippen LogP contribution in [0.3, 0.4) is 0 Å². The van der Waals surface area contributed by atoms with Crippen LogP contribution in [0.15, 0.2) is 4.47 Å². The fourth-order valence-electron chi connectivity index (χ4n) is 1.54. The van der Waals surface area contributed by atoms with Crippen molar-refractivity contribution in [3.8, 4) is 0 Å². The molecule has 1 aromatic heterocycles. The van der Waals surface area contributed by atoms with E-state index in [9.17, 15) is 0 Å². The van der Waals surface area contributed by atoms with Gasteiger partial charge >= 0.3 is 0 Å². The van der Waals surface area contributed by atoms with E-state index in [1.165, 1.54) is 0 Å². The molecule has 1 rings (SSSR count). The number of aryl methyl sites for hydroxylation is 2. The first kappa shape index (κ1) is 13.7. The number of halogens is 1. The van der Waals surface area contributed by atoms with Crippen LogP contribution < -0.4 is 5.32 Å². The SMILES string of the molecule is CCc1nn(C)c(COC(C)CNC)c1Br. The van der Waals surface area contributed by atoms with E-state index in [2.05, 4.69) is 40.2 Å². The zero-order valence-electron chi connectivity index (χ0n) is 10.4. The van der Waals surface area contributed by atoms with E-state index >= 15 is 0 Å². The van der Waals surface area contributed by atoms with Gasteiger partial charge in [-0.05, 0) is 36.3 Å². The summed E-state index contributed by atoms with van der Waals surface area (Å²) in [6, 6.07) is 0. The molecule has 1 aromatic rings. The molecule has 1 N–H and O–H groups in total. The first-order valence-corrected chi connectivity index (χ1v) is 6.35. The van der Waals surface area contributed by atoms with Crippen LogP contribution in [0.1, 0.15) is 25.2 Å². The predicted octanol–water partition coefficient (Wildman–Crippen LogP) is 1.87. The van der Waals surface area contributed by atoms with Gasteiger partial charge in [-0.2, -0.15) is 5.10 Å². The quantitative estimate of drug-likeness (QED) is 0.869. The van der Waals surface area contributed by atoms with Crippen molar-refractivity contribution in [3.05, 3.63) is 15.9 Å². The van der Waals surface area contributed by atoms with Crippen molar-refractivity contribution in [1.82, 2.24) is 15.1 Å². The molecule has 0 fully saturated rings. The third-order valence-corrected chi connectivity index (χ3v) is 3.41. The van der Waals surface area contributed by atoms with Crippen molar-refractivity contribution in [3.63, 3.8) is 0 Å². The Balaban J connectivity index is 2.63. The molecule has 0 amide bonds. The normalized spacial score (nSPS) is 13.1. The molecular weight excluding hydrogens is 270 g/mol. The van der Waals surface area contributed by atoms with Crippen LogP contribution in [0.4, 0.5) is 0 Å².